The Hall–Kier alpha value is -2.41. The predicted octanol–water partition coefficient (Wildman–Crippen LogP) is 3.23. The van der Waals surface area contributed by atoms with Crippen LogP contribution in [0.25, 0.3) is 6.08 Å². The van der Waals surface area contributed by atoms with Gasteiger partial charge in [0.25, 0.3) is 5.91 Å². The van der Waals surface area contributed by atoms with Gasteiger partial charge in [-0.15, -0.1) is 0 Å². The summed E-state index contributed by atoms with van der Waals surface area (Å²) in [7, 11) is 1.84. The summed E-state index contributed by atoms with van der Waals surface area (Å²) in [5, 5.41) is 7.07. The SMILES string of the molecule is Cc1nn(C)c(C)c1/C=C/C(=O)OCC(=O)N[C@@H](C)c1ccc(Br)cc1. The average molecular weight is 420 g/mol. The second-order valence-corrected chi connectivity index (χ2v) is 6.91. The number of aryl methyl sites for hydroxylation is 2. The molecule has 0 fully saturated rings. The average Bonchev–Trinajstić information content (AvgIpc) is 2.84. The van der Waals surface area contributed by atoms with Crippen molar-refractivity contribution < 1.29 is 14.3 Å². The molecule has 2 aromatic rings. The van der Waals surface area contributed by atoms with E-state index in [9.17, 15) is 9.59 Å². The largest absolute Gasteiger partial charge is 0.452 e. The van der Waals surface area contributed by atoms with E-state index in [4.69, 9.17) is 4.74 Å². The number of nitrogens with one attached hydrogen (secondary N) is 1. The van der Waals surface area contributed by atoms with Crippen LogP contribution in [0, 0.1) is 13.8 Å². The lowest BCUT2D eigenvalue weighted by Gasteiger charge is -2.14. The summed E-state index contributed by atoms with van der Waals surface area (Å²) in [6.45, 7) is 5.34. The molecular formula is C19H22BrN3O3. The number of hydrogen-bond acceptors (Lipinski definition) is 4. The molecule has 0 bridgehead atoms. The summed E-state index contributed by atoms with van der Waals surface area (Å²) >= 11 is 3.37. The number of aromatic nitrogens is 2. The maximum absolute atomic E-state index is 11.9. The Balaban J connectivity index is 1.83. The quantitative estimate of drug-likeness (QED) is 0.575. The van der Waals surface area contributed by atoms with Gasteiger partial charge in [0.05, 0.1) is 11.7 Å². The first-order chi connectivity index (χ1) is 12.3. The fraction of sp³-hybridized carbons (Fsp3) is 0.316. The molecule has 6 nitrogen and oxygen atoms in total. The Bertz CT molecular complexity index is 825. The summed E-state index contributed by atoms with van der Waals surface area (Å²) in [4.78, 5) is 23.8. The van der Waals surface area contributed by atoms with Gasteiger partial charge in [0, 0.05) is 28.9 Å². The Morgan fingerprint density at radius 2 is 1.96 bits per heavy atom. The van der Waals surface area contributed by atoms with Gasteiger partial charge in [0.15, 0.2) is 6.61 Å². The zero-order valence-electron chi connectivity index (χ0n) is 15.2. The normalized spacial score (nSPS) is 12.2. The number of ether oxygens (including phenoxy) is 1. The molecule has 0 saturated carbocycles. The lowest BCUT2D eigenvalue weighted by molar-refractivity contribution is -0.144. The third-order valence-electron chi connectivity index (χ3n) is 4.04. The zero-order chi connectivity index (χ0) is 19.3. The van der Waals surface area contributed by atoms with E-state index in [0.717, 1.165) is 27.0 Å². The molecular weight excluding hydrogens is 398 g/mol. The van der Waals surface area contributed by atoms with Crippen LogP contribution in [0.1, 0.15) is 35.5 Å². The highest BCUT2D eigenvalue weighted by atomic mass is 79.9. The molecule has 138 valence electrons. The van der Waals surface area contributed by atoms with Gasteiger partial charge < -0.3 is 10.1 Å². The van der Waals surface area contributed by atoms with Crippen LogP contribution in [0.2, 0.25) is 0 Å². The number of benzene rings is 1. The number of carbonyl (C=O) groups is 2. The molecule has 0 spiro atoms. The lowest BCUT2D eigenvalue weighted by atomic mass is 10.1. The van der Waals surface area contributed by atoms with Gasteiger partial charge >= 0.3 is 5.97 Å². The summed E-state index contributed by atoms with van der Waals surface area (Å²) < 4.78 is 7.71. The lowest BCUT2D eigenvalue weighted by Crippen LogP contribution is -2.30. The van der Waals surface area contributed by atoms with Crippen molar-refractivity contribution in [2.24, 2.45) is 7.05 Å². The molecule has 1 amide bonds. The maximum atomic E-state index is 11.9. The first-order valence-electron chi connectivity index (χ1n) is 8.17. The van der Waals surface area contributed by atoms with Gasteiger partial charge in [0.2, 0.25) is 0 Å². The van der Waals surface area contributed by atoms with E-state index >= 15 is 0 Å². The Labute approximate surface area is 161 Å². The number of amides is 1. The van der Waals surface area contributed by atoms with Gasteiger partial charge in [-0.1, -0.05) is 28.1 Å². The van der Waals surface area contributed by atoms with Gasteiger partial charge in [-0.05, 0) is 44.5 Å². The standard InChI is InChI=1S/C19H22BrN3O3/c1-12(15-5-7-16(20)8-6-15)21-18(24)11-26-19(25)10-9-17-13(2)22-23(4)14(17)3/h5-10,12H,11H2,1-4H3,(H,21,24)/b10-9+/t12-/m0/s1. The summed E-state index contributed by atoms with van der Waals surface area (Å²) in [5.41, 5.74) is 3.62. The van der Waals surface area contributed by atoms with Crippen molar-refractivity contribution in [3.05, 3.63) is 57.3 Å². The number of rotatable bonds is 6. The third-order valence-corrected chi connectivity index (χ3v) is 4.57. The Morgan fingerprint density at radius 1 is 1.31 bits per heavy atom. The van der Waals surface area contributed by atoms with E-state index in [1.807, 2.05) is 52.1 Å². The first kappa shape index (κ1) is 19.9. The van der Waals surface area contributed by atoms with E-state index in [1.54, 1.807) is 10.8 Å². The van der Waals surface area contributed by atoms with Crippen molar-refractivity contribution in [3.8, 4) is 0 Å². The fourth-order valence-corrected chi connectivity index (χ4v) is 2.75. The maximum Gasteiger partial charge on any atom is 0.331 e. The van der Waals surface area contributed by atoms with Crippen molar-refractivity contribution in [3.63, 3.8) is 0 Å². The van der Waals surface area contributed by atoms with Crippen LogP contribution in [0.15, 0.2) is 34.8 Å². The van der Waals surface area contributed by atoms with Crippen LogP contribution in [-0.4, -0.2) is 28.3 Å². The molecule has 1 heterocycles. The van der Waals surface area contributed by atoms with Crippen LogP contribution >= 0.6 is 15.9 Å². The molecule has 1 aromatic carbocycles. The van der Waals surface area contributed by atoms with Gasteiger partial charge in [0.1, 0.15) is 0 Å². The van der Waals surface area contributed by atoms with Gasteiger partial charge in [-0.3, -0.25) is 9.48 Å². The van der Waals surface area contributed by atoms with Crippen LogP contribution < -0.4 is 5.32 Å². The zero-order valence-corrected chi connectivity index (χ0v) is 16.8. The topological polar surface area (TPSA) is 73.2 Å². The van der Waals surface area contributed by atoms with E-state index in [0.29, 0.717) is 0 Å². The molecule has 0 radical (unpaired) electrons. The van der Waals surface area contributed by atoms with Crippen molar-refractivity contribution in [2.75, 3.05) is 6.61 Å². The van der Waals surface area contributed by atoms with E-state index in [1.165, 1.54) is 6.08 Å². The minimum absolute atomic E-state index is 0.175. The number of hydrogen-bond donors (Lipinski definition) is 1. The summed E-state index contributed by atoms with van der Waals surface area (Å²) in [5.74, 6) is -0.921. The van der Waals surface area contributed by atoms with Crippen LogP contribution in [0.3, 0.4) is 0 Å². The van der Waals surface area contributed by atoms with Crippen molar-refractivity contribution in [2.45, 2.75) is 26.8 Å². The highest BCUT2D eigenvalue weighted by Crippen LogP contribution is 2.16. The Morgan fingerprint density at radius 3 is 2.54 bits per heavy atom. The molecule has 0 unspecified atom stereocenters. The summed E-state index contributed by atoms with van der Waals surface area (Å²) in [6, 6.07) is 7.48. The smallest absolute Gasteiger partial charge is 0.331 e. The highest BCUT2D eigenvalue weighted by molar-refractivity contribution is 9.10. The molecule has 0 saturated heterocycles. The third kappa shape index (κ3) is 5.29. The minimum atomic E-state index is -0.570. The van der Waals surface area contributed by atoms with Gasteiger partial charge in [-0.2, -0.15) is 5.10 Å². The molecule has 1 N–H and O–H groups in total. The summed E-state index contributed by atoms with van der Waals surface area (Å²) in [6.07, 6.45) is 2.96. The molecule has 7 heteroatoms. The minimum Gasteiger partial charge on any atom is -0.452 e. The number of halogens is 1. The molecule has 1 atom stereocenters. The monoisotopic (exact) mass is 419 g/mol. The second kappa shape index (κ2) is 8.80. The number of esters is 1. The van der Waals surface area contributed by atoms with Crippen LogP contribution in [0.5, 0.6) is 0 Å². The van der Waals surface area contributed by atoms with Gasteiger partial charge in [-0.25, -0.2) is 4.79 Å². The highest BCUT2D eigenvalue weighted by Gasteiger charge is 2.11. The molecule has 1 aromatic heterocycles. The van der Waals surface area contributed by atoms with Crippen molar-refractivity contribution >= 4 is 33.9 Å². The molecule has 2 rings (SSSR count). The fourth-order valence-electron chi connectivity index (χ4n) is 2.49. The molecule has 0 aliphatic carbocycles. The predicted molar refractivity (Wildman–Crippen MR) is 103 cm³/mol. The van der Waals surface area contributed by atoms with Crippen molar-refractivity contribution in [1.82, 2.24) is 15.1 Å². The van der Waals surface area contributed by atoms with Crippen molar-refractivity contribution in [1.29, 1.82) is 0 Å². The number of carbonyl (C=O) groups excluding carboxylic acids is 2. The molecule has 0 aliphatic rings. The first-order valence-corrected chi connectivity index (χ1v) is 8.97. The Kier molecular flexibility index (Phi) is 6.74. The number of nitrogens with zero attached hydrogens (tertiary/aromatic N) is 2. The van der Waals surface area contributed by atoms with Crippen LogP contribution in [0.4, 0.5) is 0 Å². The second-order valence-electron chi connectivity index (χ2n) is 5.99. The van der Waals surface area contributed by atoms with E-state index in [-0.39, 0.29) is 18.6 Å². The molecule has 26 heavy (non-hydrogen) atoms. The van der Waals surface area contributed by atoms with Crippen LogP contribution in [-0.2, 0) is 21.4 Å². The molecule has 0 aliphatic heterocycles. The van der Waals surface area contributed by atoms with E-state index < -0.39 is 5.97 Å². The van der Waals surface area contributed by atoms with E-state index in [2.05, 4.69) is 26.3 Å².